The molecule has 0 fully saturated rings. The van der Waals surface area contributed by atoms with Crippen molar-refractivity contribution in [1.82, 2.24) is 14.8 Å². The van der Waals surface area contributed by atoms with Crippen LogP contribution in [0.15, 0.2) is 0 Å². The third-order valence-electron chi connectivity index (χ3n) is 2.88. The van der Waals surface area contributed by atoms with Crippen LogP contribution in [-0.4, -0.2) is 14.8 Å². The van der Waals surface area contributed by atoms with E-state index in [1.165, 1.54) is 0 Å². The van der Waals surface area contributed by atoms with Gasteiger partial charge in [-0.3, -0.25) is 5.10 Å². The topological polar surface area (TPSA) is 33.6 Å². The van der Waals surface area contributed by atoms with Crippen LogP contribution in [0.2, 0.25) is 0 Å². The molecule has 4 heteroatoms. The van der Waals surface area contributed by atoms with E-state index in [2.05, 4.69) is 56.3 Å². The van der Waals surface area contributed by atoms with Crippen molar-refractivity contribution in [3.05, 3.63) is 10.6 Å². The van der Waals surface area contributed by atoms with Crippen molar-refractivity contribution < 1.29 is 0 Å². The summed E-state index contributed by atoms with van der Waals surface area (Å²) in [7, 11) is 0. The van der Waals surface area contributed by atoms with E-state index >= 15 is 0 Å². The van der Waals surface area contributed by atoms with Crippen LogP contribution in [0.4, 0.5) is 0 Å². The number of nitrogens with one attached hydrogen (secondary N) is 1. The van der Waals surface area contributed by atoms with Crippen molar-refractivity contribution in [2.24, 2.45) is 5.41 Å². The van der Waals surface area contributed by atoms with Gasteiger partial charge in [-0.15, -0.1) is 0 Å². The first kappa shape index (κ1) is 13.4. The van der Waals surface area contributed by atoms with Gasteiger partial charge in [-0.25, -0.2) is 0 Å². The van der Waals surface area contributed by atoms with Gasteiger partial charge < -0.3 is 4.57 Å². The Labute approximate surface area is 103 Å². The lowest BCUT2D eigenvalue weighted by Crippen LogP contribution is -2.26. The van der Waals surface area contributed by atoms with E-state index < -0.39 is 0 Å². The maximum atomic E-state index is 5.30. The number of nitrogens with zero attached hydrogens (tertiary/aromatic N) is 2. The van der Waals surface area contributed by atoms with Gasteiger partial charge in [0.15, 0.2) is 4.77 Å². The minimum Gasteiger partial charge on any atom is -0.303 e. The fourth-order valence-electron chi connectivity index (χ4n) is 1.61. The van der Waals surface area contributed by atoms with Crippen LogP contribution in [0.3, 0.4) is 0 Å². The van der Waals surface area contributed by atoms with Crippen LogP contribution in [0.25, 0.3) is 0 Å². The number of aromatic nitrogens is 3. The predicted octanol–water partition coefficient (Wildman–Crippen LogP) is 3.67. The second-order valence-corrected chi connectivity index (χ2v) is 6.62. The zero-order chi connectivity index (χ0) is 12.6. The summed E-state index contributed by atoms with van der Waals surface area (Å²) in [5, 5.41) is 7.30. The average molecular weight is 241 g/mol. The minimum atomic E-state index is 0.0683. The highest BCUT2D eigenvalue weighted by Crippen LogP contribution is 2.27. The Morgan fingerprint density at radius 1 is 1.25 bits per heavy atom. The normalized spacial score (nSPS) is 13.1. The molecule has 0 unspecified atom stereocenters. The van der Waals surface area contributed by atoms with Crippen LogP contribution in [0.1, 0.15) is 53.8 Å². The Balaban J connectivity index is 3.19. The van der Waals surface area contributed by atoms with Gasteiger partial charge in [0.1, 0.15) is 5.82 Å². The summed E-state index contributed by atoms with van der Waals surface area (Å²) < 4.78 is 2.87. The highest BCUT2D eigenvalue weighted by atomic mass is 32.1. The van der Waals surface area contributed by atoms with Gasteiger partial charge >= 0.3 is 0 Å². The first-order valence-electron chi connectivity index (χ1n) is 5.83. The molecule has 0 saturated heterocycles. The molecule has 3 nitrogen and oxygen atoms in total. The molecule has 1 heterocycles. The summed E-state index contributed by atoms with van der Waals surface area (Å²) in [6.07, 6.45) is 1.05. The number of rotatable bonds is 3. The van der Waals surface area contributed by atoms with Gasteiger partial charge in [-0.05, 0) is 24.1 Å². The van der Waals surface area contributed by atoms with Crippen LogP contribution in [-0.2, 0) is 12.0 Å². The highest BCUT2D eigenvalue weighted by Gasteiger charge is 2.26. The molecule has 0 aliphatic heterocycles. The number of hydrogen-bond acceptors (Lipinski definition) is 2. The van der Waals surface area contributed by atoms with Gasteiger partial charge in [-0.1, -0.05) is 41.5 Å². The Morgan fingerprint density at radius 2 is 1.81 bits per heavy atom. The van der Waals surface area contributed by atoms with Gasteiger partial charge in [-0.2, -0.15) is 5.10 Å². The summed E-state index contributed by atoms with van der Waals surface area (Å²) in [5.74, 6) is 1.06. The first-order chi connectivity index (χ1) is 7.17. The van der Waals surface area contributed by atoms with Crippen molar-refractivity contribution >= 4 is 12.2 Å². The summed E-state index contributed by atoms with van der Waals surface area (Å²) in [6, 6.07) is 0. The third kappa shape index (κ3) is 2.94. The number of aromatic amines is 1. The van der Waals surface area contributed by atoms with Gasteiger partial charge in [0.05, 0.1) is 0 Å². The molecule has 0 aliphatic carbocycles. The smallest absolute Gasteiger partial charge is 0.195 e. The fraction of sp³-hybridized carbons (Fsp3) is 0.833. The molecule has 1 rings (SSSR count). The van der Waals surface area contributed by atoms with Gasteiger partial charge in [0.25, 0.3) is 0 Å². The van der Waals surface area contributed by atoms with E-state index in [-0.39, 0.29) is 10.8 Å². The van der Waals surface area contributed by atoms with E-state index in [0.717, 1.165) is 23.6 Å². The maximum Gasteiger partial charge on any atom is 0.195 e. The van der Waals surface area contributed by atoms with Gasteiger partial charge in [0, 0.05) is 12.0 Å². The fourth-order valence-corrected chi connectivity index (χ4v) is 1.81. The predicted molar refractivity (Wildman–Crippen MR) is 70.2 cm³/mol. The van der Waals surface area contributed by atoms with Crippen molar-refractivity contribution in [3.8, 4) is 0 Å². The molecule has 0 bridgehead atoms. The van der Waals surface area contributed by atoms with E-state index in [1.54, 1.807) is 0 Å². The van der Waals surface area contributed by atoms with Gasteiger partial charge in [0.2, 0.25) is 0 Å². The Bertz CT molecular complexity index is 407. The van der Waals surface area contributed by atoms with Crippen molar-refractivity contribution in [1.29, 1.82) is 0 Å². The van der Waals surface area contributed by atoms with Crippen molar-refractivity contribution in [2.75, 3.05) is 0 Å². The molecule has 0 radical (unpaired) electrons. The largest absolute Gasteiger partial charge is 0.303 e. The average Bonchev–Trinajstić information content (AvgIpc) is 2.46. The van der Waals surface area contributed by atoms with E-state index in [9.17, 15) is 0 Å². The van der Waals surface area contributed by atoms with E-state index in [1.807, 2.05) is 0 Å². The lowest BCUT2D eigenvalue weighted by atomic mass is 9.88. The zero-order valence-corrected chi connectivity index (χ0v) is 12.0. The SMILES string of the molecule is CCC(C)(C)c1n[nH]c(=S)n1CC(C)(C)C. The molecule has 1 aromatic rings. The highest BCUT2D eigenvalue weighted by molar-refractivity contribution is 7.71. The van der Waals surface area contributed by atoms with Crippen LogP contribution >= 0.6 is 12.2 Å². The minimum absolute atomic E-state index is 0.0683. The van der Waals surface area contributed by atoms with Crippen LogP contribution in [0, 0.1) is 10.2 Å². The van der Waals surface area contributed by atoms with Crippen molar-refractivity contribution in [2.45, 2.75) is 59.9 Å². The monoisotopic (exact) mass is 241 g/mol. The molecule has 1 N–H and O–H groups in total. The second-order valence-electron chi connectivity index (χ2n) is 6.24. The molecule has 16 heavy (non-hydrogen) atoms. The molecule has 92 valence electrons. The molecular formula is C12H23N3S. The van der Waals surface area contributed by atoms with Crippen LogP contribution in [0.5, 0.6) is 0 Å². The Hall–Kier alpha value is -0.640. The molecule has 0 saturated carbocycles. The first-order valence-corrected chi connectivity index (χ1v) is 6.24. The molecule has 0 spiro atoms. The molecule has 0 atom stereocenters. The Kier molecular flexibility index (Phi) is 3.62. The lowest BCUT2D eigenvalue weighted by molar-refractivity contribution is 0.319. The quantitative estimate of drug-likeness (QED) is 0.819. The summed E-state index contributed by atoms with van der Waals surface area (Å²) in [4.78, 5) is 0. The number of hydrogen-bond donors (Lipinski definition) is 1. The van der Waals surface area contributed by atoms with E-state index in [0.29, 0.717) is 0 Å². The molecule has 0 aliphatic rings. The summed E-state index contributed by atoms with van der Waals surface area (Å²) in [5.41, 5.74) is 0.277. The summed E-state index contributed by atoms with van der Waals surface area (Å²) in [6.45, 7) is 14.1. The third-order valence-corrected chi connectivity index (χ3v) is 3.19. The molecule has 0 aromatic carbocycles. The zero-order valence-electron chi connectivity index (χ0n) is 11.2. The number of H-pyrrole nitrogens is 1. The second kappa shape index (κ2) is 4.32. The van der Waals surface area contributed by atoms with Crippen molar-refractivity contribution in [3.63, 3.8) is 0 Å². The Morgan fingerprint density at radius 3 is 2.25 bits per heavy atom. The lowest BCUT2D eigenvalue weighted by Gasteiger charge is -2.26. The standard InChI is InChI=1S/C12H23N3S/c1-7-12(5,6)9-13-14-10(16)15(9)8-11(2,3)4/h7-8H2,1-6H3,(H,14,16). The van der Waals surface area contributed by atoms with E-state index in [4.69, 9.17) is 12.2 Å². The maximum absolute atomic E-state index is 5.30. The summed E-state index contributed by atoms with van der Waals surface area (Å²) >= 11 is 5.30. The molecule has 0 amide bonds. The van der Waals surface area contributed by atoms with Crippen LogP contribution < -0.4 is 0 Å². The molecule has 1 aromatic heterocycles. The molecular weight excluding hydrogens is 218 g/mol.